The first-order valence-electron chi connectivity index (χ1n) is 12.5. The van der Waals surface area contributed by atoms with Gasteiger partial charge in [-0.15, -0.1) is 0 Å². The average molecular weight is 455 g/mol. The Balaban J connectivity index is 1.53. The van der Waals surface area contributed by atoms with Crippen LogP contribution in [0.1, 0.15) is 43.1 Å². The van der Waals surface area contributed by atoms with E-state index in [-0.39, 0.29) is 0 Å². The van der Waals surface area contributed by atoms with E-state index in [1.165, 1.54) is 30.5 Å². The number of anilines is 1. The highest BCUT2D eigenvalue weighted by atomic mass is 15.3. The number of nitrogens with zero attached hydrogens (tertiary/aromatic N) is 6. The van der Waals surface area contributed by atoms with Crippen LogP contribution in [0, 0.1) is 6.92 Å². The van der Waals surface area contributed by atoms with Gasteiger partial charge in [0.2, 0.25) is 0 Å². The van der Waals surface area contributed by atoms with Crippen molar-refractivity contribution in [2.24, 2.45) is 0 Å². The van der Waals surface area contributed by atoms with Gasteiger partial charge in [-0.05, 0) is 50.6 Å². The molecule has 34 heavy (non-hydrogen) atoms. The SMILES string of the molecule is CCCCN1CCCN(c2nc(Cc3ccc(C)cc3)nc3c2cnn3-c2ccccc2)CC1. The van der Waals surface area contributed by atoms with E-state index in [0.29, 0.717) is 6.42 Å². The van der Waals surface area contributed by atoms with Crippen LogP contribution in [0.4, 0.5) is 5.82 Å². The third kappa shape index (κ3) is 4.97. The normalized spacial score (nSPS) is 15.1. The molecule has 6 nitrogen and oxygen atoms in total. The monoisotopic (exact) mass is 454 g/mol. The van der Waals surface area contributed by atoms with E-state index in [9.17, 15) is 0 Å². The molecular formula is C28H34N6. The maximum absolute atomic E-state index is 5.12. The van der Waals surface area contributed by atoms with Crippen LogP contribution in [-0.4, -0.2) is 57.4 Å². The molecule has 1 aliphatic rings. The lowest BCUT2D eigenvalue weighted by Gasteiger charge is -2.23. The number of hydrogen-bond donors (Lipinski definition) is 0. The number of aryl methyl sites for hydroxylation is 1. The van der Waals surface area contributed by atoms with Gasteiger partial charge in [-0.3, -0.25) is 0 Å². The van der Waals surface area contributed by atoms with Crippen molar-refractivity contribution in [1.29, 1.82) is 0 Å². The topological polar surface area (TPSA) is 50.1 Å². The van der Waals surface area contributed by atoms with Crippen molar-refractivity contribution in [3.8, 4) is 5.69 Å². The summed E-state index contributed by atoms with van der Waals surface area (Å²) in [5, 5.41) is 5.76. The van der Waals surface area contributed by atoms with Crippen LogP contribution >= 0.6 is 0 Å². The van der Waals surface area contributed by atoms with Crippen molar-refractivity contribution in [3.05, 3.63) is 77.7 Å². The van der Waals surface area contributed by atoms with E-state index >= 15 is 0 Å². The van der Waals surface area contributed by atoms with Crippen molar-refractivity contribution in [2.75, 3.05) is 37.6 Å². The zero-order valence-corrected chi connectivity index (χ0v) is 20.3. The molecule has 0 N–H and O–H groups in total. The van der Waals surface area contributed by atoms with Gasteiger partial charge in [0, 0.05) is 26.1 Å². The van der Waals surface area contributed by atoms with Crippen LogP contribution in [0.2, 0.25) is 0 Å². The van der Waals surface area contributed by atoms with E-state index in [2.05, 4.69) is 60.0 Å². The van der Waals surface area contributed by atoms with Gasteiger partial charge in [0.25, 0.3) is 0 Å². The Morgan fingerprint density at radius 2 is 1.71 bits per heavy atom. The predicted octanol–water partition coefficient (Wildman–Crippen LogP) is 5.03. The fourth-order valence-corrected chi connectivity index (χ4v) is 4.69. The van der Waals surface area contributed by atoms with Crippen LogP contribution < -0.4 is 4.90 Å². The van der Waals surface area contributed by atoms with Gasteiger partial charge < -0.3 is 9.80 Å². The van der Waals surface area contributed by atoms with Crippen molar-refractivity contribution in [1.82, 2.24) is 24.6 Å². The molecule has 0 amide bonds. The van der Waals surface area contributed by atoms with E-state index in [4.69, 9.17) is 15.1 Å². The predicted molar refractivity (Wildman–Crippen MR) is 139 cm³/mol. The molecular weight excluding hydrogens is 420 g/mol. The quantitative estimate of drug-likeness (QED) is 0.392. The molecule has 0 saturated carbocycles. The number of fused-ring (bicyclic) bond motifs is 1. The molecule has 4 aromatic rings. The molecule has 1 aliphatic heterocycles. The van der Waals surface area contributed by atoms with E-state index in [1.54, 1.807) is 0 Å². The molecule has 0 unspecified atom stereocenters. The summed E-state index contributed by atoms with van der Waals surface area (Å²) in [5.41, 5.74) is 4.39. The maximum atomic E-state index is 5.12. The summed E-state index contributed by atoms with van der Waals surface area (Å²) in [4.78, 5) is 15.2. The third-order valence-corrected chi connectivity index (χ3v) is 6.65. The minimum Gasteiger partial charge on any atom is -0.355 e. The van der Waals surface area contributed by atoms with Crippen LogP contribution in [0.25, 0.3) is 16.7 Å². The van der Waals surface area contributed by atoms with Crippen molar-refractivity contribution >= 4 is 16.9 Å². The zero-order chi connectivity index (χ0) is 23.3. The molecule has 2 aromatic heterocycles. The Labute approximate surface area is 202 Å². The first-order valence-corrected chi connectivity index (χ1v) is 12.5. The van der Waals surface area contributed by atoms with E-state index < -0.39 is 0 Å². The standard InChI is InChI=1S/C28H34N6/c1-3-4-15-32-16-8-17-33(19-18-32)27-25-21-29-34(24-9-6-5-7-10-24)28(25)31-26(30-27)20-23-13-11-22(2)12-14-23/h5-7,9-14,21H,3-4,8,15-20H2,1-2H3. The summed E-state index contributed by atoms with van der Waals surface area (Å²) in [6, 6.07) is 18.9. The molecule has 3 heterocycles. The average Bonchev–Trinajstić information content (AvgIpc) is 3.15. The van der Waals surface area contributed by atoms with Gasteiger partial charge in [-0.1, -0.05) is 61.4 Å². The van der Waals surface area contributed by atoms with Gasteiger partial charge in [-0.2, -0.15) is 5.10 Å². The third-order valence-electron chi connectivity index (χ3n) is 6.65. The Bertz CT molecular complexity index is 1220. The molecule has 6 heteroatoms. The van der Waals surface area contributed by atoms with Crippen LogP contribution in [-0.2, 0) is 6.42 Å². The molecule has 0 aliphatic carbocycles. The first kappa shape index (κ1) is 22.5. The summed E-state index contributed by atoms with van der Waals surface area (Å²) in [6.45, 7) is 9.79. The number of aromatic nitrogens is 4. The minimum absolute atomic E-state index is 0.708. The molecule has 0 bridgehead atoms. The van der Waals surface area contributed by atoms with Crippen LogP contribution in [0.5, 0.6) is 0 Å². The number of para-hydroxylation sites is 1. The molecule has 1 saturated heterocycles. The minimum atomic E-state index is 0.708. The highest BCUT2D eigenvalue weighted by molar-refractivity contribution is 5.88. The van der Waals surface area contributed by atoms with Gasteiger partial charge in [-0.25, -0.2) is 14.6 Å². The summed E-state index contributed by atoms with van der Waals surface area (Å²) >= 11 is 0. The second-order valence-electron chi connectivity index (χ2n) is 9.29. The Morgan fingerprint density at radius 3 is 2.50 bits per heavy atom. The molecule has 176 valence electrons. The molecule has 0 spiro atoms. The van der Waals surface area contributed by atoms with Gasteiger partial charge in [0.05, 0.1) is 17.3 Å². The Kier molecular flexibility index (Phi) is 6.86. The smallest absolute Gasteiger partial charge is 0.168 e. The van der Waals surface area contributed by atoms with Crippen molar-refractivity contribution in [2.45, 2.75) is 39.5 Å². The lowest BCUT2D eigenvalue weighted by molar-refractivity contribution is 0.289. The van der Waals surface area contributed by atoms with Crippen molar-refractivity contribution in [3.63, 3.8) is 0 Å². The molecule has 0 radical (unpaired) electrons. The molecule has 2 aromatic carbocycles. The summed E-state index contributed by atoms with van der Waals surface area (Å²) < 4.78 is 1.95. The molecule has 1 fully saturated rings. The zero-order valence-electron chi connectivity index (χ0n) is 20.3. The highest BCUT2D eigenvalue weighted by Gasteiger charge is 2.21. The van der Waals surface area contributed by atoms with Crippen molar-refractivity contribution < 1.29 is 0 Å². The lowest BCUT2D eigenvalue weighted by atomic mass is 10.1. The van der Waals surface area contributed by atoms with E-state index in [1.807, 2.05) is 29.1 Å². The van der Waals surface area contributed by atoms with Gasteiger partial charge >= 0.3 is 0 Å². The number of hydrogen-bond acceptors (Lipinski definition) is 5. The van der Waals surface area contributed by atoms with Crippen LogP contribution in [0.3, 0.4) is 0 Å². The second kappa shape index (κ2) is 10.3. The molecule has 0 atom stereocenters. The van der Waals surface area contributed by atoms with Crippen LogP contribution in [0.15, 0.2) is 60.8 Å². The number of rotatable bonds is 7. The van der Waals surface area contributed by atoms with E-state index in [0.717, 1.165) is 61.0 Å². The second-order valence-corrected chi connectivity index (χ2v) is 9.29. The summed E-state index contributed by atoms with van der Waals surface area (Å²) in [6.07, 6.45) is 6.30. The lowest BCUT2D eigenvalue weighted by Crippen LogP contribution is -2.32. The summed E-state index contributed by atoms with van der Waals surface area (Å²) in [5.74, 6) is 1.86. The Hall–Kier alpha value is -3.25. The Morgan fingerprint density at radius 1 is 0.882 bits per heavy atom. The summed E-state index contributed by atoms with van der Waals surface area (Å²) in [7, 11) is 0. The fourth-order valence-electron chi connectivity index (χ4n) is 4.69. The number of unbranched alkanes of at least 4 members (excludes halogenated alkanes) is 1. The van der Waals surface area contributed by atoms with Gasteiger partial charge in [0.15, 0.2) is 5.65 Å². The maximum Gasteiger partial charge on any atom is 0.168 e. The number of benzene rings is 2. The first-order chi connectivity index (χ1) is 16.7. The fraction of sp³-hybridized carbons (Fsp3) is 0.393. The largest absolute Gasteiger partial charge is 0.355 e. The van der Waals surface area contributed by atoms with Gasteiger partial charge in [0.1, 0.15) is 11.6 Å². The highest BCUT2D eigenvalue weighted by Crippen LogP contribution is 2.27. The molecule has 5 rings (SSSR count).